The lowest BCUT2D eigenvalue weighted by Crippen LogP contribution is -2.02. The zero-order valence-electron chi connectivity index (χ0n) is 8.75. The van der Waals surface area contributed by atoms with Gasteiger partial charge < -0.3 is 4.52 Å². The molecule has 0 aliphatic heterocycles. The predicted octanol–water partition coefficient (Wildman–Crippen LogP) is 2.14. The number of nitrogens with zero attached hydrogens (tertiary/aromatic N) is 1. The minimum Gasteiger partial charge on any atom is -0.356 e. The van der Waals surface area contributed by atoms with E-state index in [9.17, 15) is 8.42 Å². The van der Waals surface area contributed by atoms with Gasteiger partial charge in [-0.1, -0.05) is 12.1 Å². The van der Waals surface area contributed by atoms with E-state index in [1.165, 1.54) is 0 Å². The van der Waals surface area contributed by atoms with Gasteiger partial charge in [-0.15, -0.1) is 0 Å². The maximum atomic E-state index is 11.6. The van der Waals surface area contributed by atoms with Gasteiger partial charge in [0.2, 0.25) is 0 Å². The third-order valence-electron chi connectivity index (χ3n) is 2.32. The fourth-order valence-corrected chi connectivity index (χ4v) is 2.24. The summed E-state index contributed by atoms with van der Waals surface area (Å²) in [4.78, 5) is 0.332. The molecule has 0 aliphatic rings. The van der Waals surface area contributed by atoms with Crippen LogP contribution in [0.25, 0.3) is 11.3 Å². The second-order valence-corrected chi connectivity index (χ2v) is 5.58. The van der Waals surface area contributed by atoms with Crippen LogP contribution < -0.4 is 0 Å². The van der Waals surface area contributed by atoms with Crippen LogP contribution in [0.15, 0.2) is 45.9 Å². The summed E-state index contributed by atoms with van der Waals surface area (Å²) in [6.07, 6.45) is 1.55. The van der Waals surface area contributed by atoms with Gasteiger partial charge in [-0.25, -0.2) is 8.42 Å². The van der Waals surface area contributed by atoms with Gasteiger partial charge in [0.15, 0.2) is 15.6 Å². The van der Waals surface area contributed by atoms with Gasteiger partial charge in [0.25, 0.3) is 0 Å². The van der Waals surface area contributed by atoms with Crippen LogP contribution in [0.3, 0.4) is 0 Å². The largest absolute Gasteiger partial charge is 0.356 e. The van der Waals surface area contributed by atoms with Crippen molar-refractivity contribution in [2.75, 3.05) is 5.75 Å². The maximum Gasteiger partial charge on any atom is 0.178 e. The highest BCUT2D eigenvalue weighted by atomic mass is 32.2. The summed E-state index contributed by atoms with van der Waals surface area (Å²) in [6, 6.07) is 8.31. The van der Waals surface area contributed by atoms with Crippen LogP contribution in [0.4, 0.5) is 0 Å². The van der Waals surface area contributed by atoms with Crippen LogP contribution in [0.2, 0.25) is 0 Å². The number of benzene rings is 1. The van der Waals surface area contributed by atoms with Gasteiger partial charge in [0, 0.05) is 11.6 Å². The first-order valence-electron chi connectivity index (χ1n) is 4.87. The Kier molecular flexibility index (Phi) is 2.78. The highest BCUT2D eigenvalue weighted by Crippen LogP contribution is 2.21. The summed E-state index contributed by atoms with van der Waals surface area (Å²) in [5, 5.41) is 3.59. The summed E-state index contributed by atoms with van der Waals surface area (Å²) >= 11 is 0. The average Bonchev–Trinajstić information content (AvgIpc) is 2.83. The SMILES string of the molecule is CCS(=O)(=O)c1ccc(-c2ccno2)cc1. The van der Waals surface area contributed by atoms with Gasteiger partial charge in [0.05, 0.1) is 16.8 Å². The number of aromatic nitrogens is 1. The molecule has 0 bridgehead atoms. The molecule has 4 nitrogen and oxygen atoms in total. The molecule has 0 unspecified atom stereocenters. The molecule has 2 aromatic rings. The van der Waals surface area contributed by atoms with Crippen LogP contribution in [0.5, 0.6) is 0 Å². The Hall–Kier alpha value is -1.62. The zero-order chi connectivity index (χ0) is 11.6. The molecule has 0 amide bonds. The van der Waals surface area contributed by atoms with Gasteiger partial charge in [-0.3, -0.25) is 0 Å². The molecule has 0 fully saturated rings. The Bertz CT molecular complexity index is 556. The molecule has 0 N–H and O–H groups in total. The third kappa shape index (κ3) is 1.99. The second kappa shape index (κ2) is 4.09. The van der Waals surface area contributed by atoms with Crippen LogP contribution in [0, 0.1) is 0 Å². The van der Waals surface area contributed by atoms with Crippen molar-refractivity contribution in [1.29, 1.82) is 0 Å². The molecule has 2 rings (SSSR count). The molecule has 0 spiro atoms. The van der Waals surface area contributed by atoms with Crippen LogP contribution in [-0.4, -0.2) is 19.3 Å². The van der Waals surface area contributed by atoms with E-state index in [1.807, 2.05) is 0 Å². The topological polar surface area (TPSA) is 60.2 Å². The lowest BCUT2D eigenvalue weighted by Gasteiger charge is -2.01. The number of hydrogen-bond donors (Lipinski definition) is 0. The van der Waals surface area contributed by atoms with E-state index in [0.29, 0.717) is 10.7 Å². The minimum atomic E-state index is -3.13. The maximum absolute atomic E-state index is 11.6. The van der Waals surface area contributed by atoms with Gasteiger partial charge in [-0.2, -0.15) is 0 Å². The van der Waals surface area contributed by atoms with Gasteiger partial charge in [0.1, 0.15) is 0 Å². The van der Waals surface area contributed by atoms with Crippen LogP contribution >= 0.6 is 0 Å². The van der Waals surface area contributed by atoms with Crippen molar-refractivity contribution in [3.05, 3.63) is 36.5 Å². The van der Waals surface area contributed by atoms with Crippen molar-refractivity contribution >= 4 is 9.84 Å². The molecular formula is C11H11NO3S. The lowest BCUT2D eigenvalue weighted by molar-refractivity contribution is 0.432. The molecule has 84 valence electrons. The smallest absolute Gasteiger partial charge is 0.178 e. The van der Waals surface area contributed by atoms with E-state index in [1.54, 1.807) is 43.5 Å². The van der Waals surface area contributed by atoms with E-state index in [4.69, 9.17) is 4.52 Å². The van der Waals surface area contributed by atoms with Gasteiger partial charge >= 0.3 is 0 Å². The normalized spacial score (nSPS) is 11.6. The molecule has 1 heterocycles. The van der Waals surface area contributed by atoms with Crippen LogP contribution in [0.1, 0.15) is 6.92 Å². The fraction of sp³-hybridized carbons (Fsp3) is 0.182. The van der Waals surface area contributed by atoms with E-state index >= 15 is 0 Å². The molecule has 0 saturated carbocycles. The predicted molar refractivity (Wildman–Crippen MR) is 59.7 cm³/mol. The third-order valence-corrected chi connectivity index (χ3v) is 4.07. The van der Waals surface area contributed by atoms with E-state index in [2.05, 4.69) is 5.16 Å². The Labute approximate surface area is 93.8 Å². The monoisotopic (exact) mass is 237 g/mol. The Morgan fingerprint density at radius 1 is 1.19 bits per heavy atom. The number of hydrogen-bond acceptors (Lipinski definition) is 4. The van der Waals surface area contributed by atoms with E-state index in [-0.39, 0.29) is 5.75 Å². The number of sulfone groups is 1. The van der Waals surface area contributed by atoms with Crippen molar-refractivity contribution in [3.8, 4) is 11.3 Å². The summed E-state index contributed by atoms with van der Waals surface area (Å²) in [5.41, 5.74) is 0.813. The first kappa shape index (κ1) is 10.9. The summed E-state index contributed by atoms with van der Waals surface area (Å²) in [5.74, 6) is 0.731. The standard InChI is InChI=1S/C11H11NO3S/c1-2-16(13,14)10-5-3-9(4-6-10)11-7-8-12-15-11/h3-8H,2H2,1H3. The fourth-order valence-electron chi connectivity index (χ4n) is 1.36. The van der Waals surface area contributed by atoms with E-state index in [0.717, 1.165) is 5.56 Å². The molecule has 0 aliphatic carbocycles. The van der Waals surface area contributed by atoms with Crippen molar-refractivity contribution < 1.29 is 12.9 Å². The van der Waals surface area contributed by atoms with Crippen molar-refractivity contribution in [1.82, 2.24) is 5.16 Å². The Morgan fingerprint density at radius 2 is 1.88 bits per heavy atom. The molecule has 16 heavy (non-hydrogen) atoms. The first-order valence-corrected chi connectivity index (χ1v) is 6.52. The summed E-state index contributed by atoms with van der Waals surface area (Å²) in [6.45, 7) is 1.62. The molecule has 1 aromatic heterocycles. The average molecular weight is 237 g/mol. The van der Waals surface area contributed by atoms with E-state index < -0.39 is 9.84 Å². The summed E-state index contributed by atoms with van der Waals surface area (Å²) in [7, 11) is -3.13. The second-order valence-electron chi connectivity index (χ2n) is 3.30. The Balaban J connectivity index is 2.38. The van der Waals surface area contributed by atoms with Crippen molar-refractivity contribution in [3.63, 3.8) is 0 Å². The molecule has 0 saturated heterocycles. The van der Waals surface area contributed by atoms with Crippen LogP contribution in [-0.2, 0) is 9.84 Å². The summed E-state index contributed by atoms with van der Waals surface area (Å²) < 4.78 is 28.1. The molecule has 0 radical (unpaired) electrons. The quantitative estimate of drug-likeness (QED) is 0.820. The minimum absolute atomic E-state index is 0.106. The van der Waals surface area contributed by atoms with Crippen molar-refractivity contribution in [2.24, 2.45) is 0 Å². The molecular weight excluding hydrogens is 226 g/mol. The lowest BCUT2D eigenvalue weighted by atomic mass is 10.2. The van der Waals surface area contributed by atoms with Gasteiger partial charge in [-0.05, 0) is 24.3 Å². The van der Waals surface area contributed by atoms with Crippen molar-refractivity contribution in [2.45, 2.75) is 11.8 Å². The Morgan fingerprint density at radius 3 is 2.38 bits per heavy atom. The zero-order valence-corrected chi connectivity index (χ0v) is 9.57. The highest BCUT2D eigenvalue weighted by Gasteiger charge is 2.11. The molecule has 1 aromatic carbocycles. The highest BCUT2D eigenvalue weighted by molar-refractivity contribution is 7.91. The molecule has 0 atom stereocenters. The number of rotatable bonds is 3. The molecule has 5 heteroatoms. The first-order chi connectivity index (χ1) is 7.63.